The number of aliphatic imine (C=N–C) groups is 1. The van der Waals surface area contributed by atoms with Crippen molar-refractivity contribution in [3.63, 3.8) is 0 Å². The molecule has 0 bridgehead atoms. The van der Waals surface area contributed by atoms with Gasteiger partial charge in [-0.2, -0.15) is 10.1 Å². The summed E-state index contributed by atoms with van der Waals surface area (Å²) in [5, 5.41) is 11.1. The van der Waals surface area contributed by atoms with Crippen LogP contribution in [-0.2, 0) is 0 Å². The molecule has 172 valence electrons. The molecule has 0 saturated heterocycles. The number of nitrogens with zero attached hydrogens (tertiary/aromatic N) is 3. The van der Waals surface area contributed by atoms with Crippen molar-refractivity contribution in [3.8, 4) is 5.75 Å². The summed E-state index contributed by atoms with van der Waals surface area (Å²) in [5.74, 6) is 1.40. The summed E-state index contributed by atoms with van der Waals surface area (Å²) in [7, 11) is 1.66. The predicted octanol–water partition coefficient (Wildman–Crippen LogP) is 7.37. The Balaban J connectivity index is 1.43. The van der Waals surface area contributed by atoms with E-state index in [1.54, 1.807) is 18.4 Å². The van der Waals surface area contributed by atoms with Crippen LogP contribution in [0.25, 0.3) is 16.8 Å². The van der Waals surface area contributed by atoms with Gasteiger partial charge in [0.25, 0.3) is 0 Å². The Bertz CT molecular complexity index is 1510. The Morgan fingerprint density at radius 1 is 1.00 bits per heavy atom. The zero-order valence-electron chi connectivity index (χ0n) is 18.9. The largest absolute Gasteiger partial charge is 0.497 e. The molecule has 1 amide bonds. The molecule has 6 rings (SSSR count). The van der Waals surface area contributed by atoms with Gasteiger partial charge in [0.15, 0.2) is 5.84 Å². The molecule has 4 aromatic rings. The molecule has 2 aliphatic heterocycles. The molecule has 3 heterocycles. The van der Waals surface area contributed by atoms with Crippen LogP contribution in [0.5, 0.6) is 5.75 Å². The normalized spacial score (nSPS) is 18.9. The van der Waals surface area contributed by atoms with E-state index in [1.165, 1.54) is 10.8 Å². The second-order valence-electron chi connectivity index (χ2n) is 8.27. The number of amidine groups is 1. The number of hydrogen-bond donors (Lipinski definition) is 0. The predicted molar refractivity (Wildman–Crippen MR) is 145 cm³/mol. The van der Waals surface area contributed by atoms with Gasteiger partial charge < -0.3 is 4.74 Å². The van der Waals surface area contributed by atoms with E-state index in [4.69, 9.17) is 9.84 Å². The number of hydrazone groups is 1. The van der Waals surface area contributed by atoms with Gasteiger partial charge in [0, 0.05) is 11.3 Å². The number of fused-ring (bicyclic) bond motifs is 1. The Morgan fingerprint density at radius 2 is 1.83 bits per heavy atom. The summed E-state index contributed by atoms with van der Waals surface area (Å²) in [4.78, 5) is 18.7. The van der Waals surface area contributed by atoms with Crippen LogP contribution in [0, 0.1) is 0 Å². The van der Waals surface area contributed by atoms with E-state index in [2.05, 4.69) is 47.5 Å². The van der Waals surface area contributed by atoms with Crippen molar-refractivity contribution >= 4 is 56.7 Å². The third kappa shape index (κ3) is 4.29. The number of thioether (sulfide) groups is 1. The number of thiophene rings is 1. The third-order valence-electron chi connectivity index (χ3n) is 6.14. The molecule has 1 atom stereocenters. The van der Waals surface area contributed by atoms with Gasteiger partial charge in [0.1, 0.15) is 5.75 Å². The Morgan fingerprint density at radius 3 is 2.60 bits per heavy atom. The molecule has 1 aromatic heterocycles. The molecule has 3 aromatic carbocycles. The highest BCUT2D eigenvalue weighted by Gasteiger charge is 2.37. The molecule has 0 saturated carbocycles. The van der Waals surface area contributed by atoms with Crippen LogP contribution in [0.2, 0.25) is 0 Å². The van der Waals surface area contributed by atoms with Gasteiger partial charge in [-0.15, -0.1) is 11.3 Å². The zero-order chi connectivity index (χ0) is 23.8. The average Bonchev–Trinajstić information content (AvgIpc) is 3.64. The molecule has 0 radical (unpaired) electrons. The summed E-state index contributed by atoms with van der Waals surface area (Å²) in [6.07, 6.45) is 2.72. The number of carbonyl (C=O) groups excluding carboxylic acids is 1. The lowest BCUT2D eigenvalue weighted by atomic mass is 9.97. The number of benzene rings is 3. The molecular formula is C28H21N3O2S2. The molecule has 0 fully saturated rings. The van der Waals surface area contributed by atoms with E-state index >= 15 is 0 Å². The molecule has 1 unspecified atom stereocenters. The highest BCUT2D eigenvalue weighted by atomic mass is 32.2. The van der Waals surface area contributed by atoms with Gasteiger partial charge in [-0.25, -0.2) is 5.01 Å². The van der Waals surface area contributed by atoms with Crippen LogP contribution in [0.15, 0.2) is 99.2 Å². The zero-order valence-corrected chi connectivity index (χ0v) is 20.6. The molecule has 2 aliphatic rings. The number of rotatable bonds is 4. The van der Waals surface area contributed by atoms with Crippen molar-refractivity contribution in [2.75, 3.05) is 7.11 Å². The summed E-state index contributed by atoms with van der Waals surface area (Å²) in [5.41, 5.74) is 3.14. The van der Waals surface area contributed by atoms with Crippen molar-refractivity contribution in [3.05, 3.63) is 105 Å². The van der Waals surface area contributed by atoms with E-state index in [0.717, 1.165) is 44.1 Å². The first-order chi connectivity index (χ1) is 17.2. The van der Waals surface area contributed by atoms with Gasteiger partial charge in [-0.3, -0.25) is 4.79 Å². The molecule has 35 heavy (non-hydrogen) atoms. The number of methoxy groups -OCH3 is 1. The van der Waals surface area contributed by atoms with E-state index in [1.807, 2.05) is 52.9 Å². The van der Waals surface area contributed by atoms with Gasteiger partial charge in [0.05, 0.1) is 23.8 Å². The van der Waals surface area contributed by atoms with Gasteiger partial charge in [-0.1, -0.05) is 54.6 Å². The quantitative estimate of drug-likeness (QED) is 0.297. The first-order valence-electron chi connectivity index (χ1n) is 11.2. The van der Waals surface area contributed by atoms with Gasteiger partial charge in [0.2, 0.25) is 0 Å². The van der Waals surface area contributed by atoms with Crippen LogP contribution in [0.1, 0.15) is 28.5 Å². The molecule has 7 heteroatoms. The lowest BCUT2D eigenvalue weighted by Crippen LogP contribution is -2.26. The van der Waals surface area contributed by atoms with Gasteiger partial charge in [-0.05, 0) is 69.4 Å². The van der Waals surface area contributed by atoms with Crippen molar-refractivity contribution < 1.29 is 9.53 Å². The van der Waals surface area contributed by atoms with E-state index in [9.17, 15) is 4.79 Å². The van der Waals surface area contributed by atoms with Gasteiger partial charge >= 0.3 is 5.24 Å². The van der Waals surface area contributed by atoms with E-state index in [-0.39, 0.29) is 11.3 Å². The Hall–Kier alpha value is -3.68. The smallest absolute Gasteiger partial charge is 0.311 e. The minimum atomic E-state index is -0.217. The number of carbonyl (C=O) groups is 1. The summed E-state index contributed by atoms with van der Waals surface area (Å²) in [6, 6.07) is 26.7. The number of hydrogen-bond acceptors (Lipinski definition) is 6. The van der Waals surface area contributed by atoms with E-state index < -0.39 is 0 Å². The fourth-order valence-corrected chi connectivity index (χ4v) is 5.87. The third-order valence-corrected chi connectivity index (χ3v) is 7.75. The van der Waals surface area contributed by atoms with Crippen molar-refractivity contribution in [2.45, 2.75) is 12.5 Å². The maximum absolute atomic E-state index is 12.4. The minimum Gasteiger partial charge on any atom is -0.497 e. The Labute approximate surface area is 211 Å². The van der Waals surface area contributed by atoms with Crippen LogP contribution in [0.4, 0.5) is 4.79 Å². The minimum absolute atomic E-state index is 0.0839. The average molecular weight is 496 g/mol. The molecule has 0 N–H and O–H groups in total. The molecule has 0 spiro atoms. The van der Waals surface area contributed by atoms with Crippen molar-refractivity contribution in [2.24, 2.45) is 10.1 Å². The van der Waals surface area contributed by atoms with Crippen molar-refractivity contribution in [1.29, 1.82) is 0 Å². The Kier molecular flexibility index (Phi) is 5.72. The maximum atomic E-state index is 12.4. The fraction of sp³-hybridized carbons (Fsp3) is 0.107. The topological polar surface area (TPSA) is 54.3 Å². The first-order valence-corrected chi connectivity index (χ1v) is 12.9. The van der Waals surface area contributed by atoms with E-state index in [0.29, 0.717) is 12.3 Å². The highest BCUT2D eigenvalue weighted by Crippen LogP contribution is 2.40. The summed E-state index contributed by atoms with van der Waals surface area (Å²) >= 11 is 2.79. The fourth-order valence-electron chi connectivity index (χ4n) is 4.40. The lowest BCUT2D eigenvalue weighted by molar-refractivity contribution is 0.267. The maximum Gasteiger partial charge on any atom is 0.311 e. The lowest BCUT2D eigenvalue weighted by Gasteiger charge is -2.24. The molecule has 0 aliphatic carbocycles. The standard InChI is InChI=1S/C28H21N3O2S2/c1-33-22-12-10-19(11-13-22)25-17-24(21-9-8-18-5-2-3-6-20(18)15-21)30-31(25)27-26(35-28(32)29-27)16-23-7-4-14-34-23/h2-16,25H,17H2,1H3/b26-16-. The number of amides is 1. The first kappa shape index (κ1) is 21.8. The molecular weight excluding hydrogens is 474 g/mol. The second kappa shape index (κ2) is 9.17. The second-order valence-corrected chi connectivity index (χ2v) is 10.2. The SMILES string of the molecule is COc1ccc(C2CC(c3ccc4ccccc4c3)=NN2C2=NC(=O)S/C2=C\c2cccs2)cc1. The van der Waals surface area contributed by atoms with Crippen LogP contribution in [0.3, 0.4) is 0 Å². The molecule has 5 nitrogen and oxygen atoms in total. The monoisotopic (exact) mass is 495 g/mol. The van der Waals surface area contributed by atoms with Crippen LogP contribution < -0.4 is 4.74 Å². The summed E-state index contributed by atoms with van der Waals surface area (Å²) < 4.78 is 5.36. The number of ether oxygens (including phenoxy) is 1. The summed E-state index contributed by atoms with van der Waals surface area (Å²) in [6.45, 7) is 0. The van der Waals surface area contributed by atoms with Crippen LogP contribution in [-0.4, -0.2) is 28.9 Å². The highest BCUT2D eigenvalue weighted by molar-refractivity contribution is 8.18. The van der Waals surface area contributed by atoms with Crippen molar-refractivity contribution in [1.82, 2.24) is 5.01 Å². The van der Waals surface area contributed by atoms with Crippen LogP contribution >= 0.6 is 23.1 Å².